The zero-order valence-corrected chi connectivity index (χ0v) is 16.0. The number of carbonyl (C=O) groups excluding carboxylic acids is 1. The van der Waals surface area contributed by atoms with E-state index in [4.69, 9.17) is 15.6 Å². The molecule has 7 heteroatoms. The van der Waals surface area contributed by atoms with Crippen LogP contribution in [0.25, 0.3) is 22.0 Å². The maximum atomic E-state index is 12.2. The van der Waals surface area contributed by atoms with Gasteiger partial charge in [-0.15, -0.1) is 0 Å². The molecule has 1 amide bonds. The van der Waals surface area contributed by atoms with Gasteiger partial charge in [0.15, 0.2) is 0 Å². The molecule has 0 spiro atoms. The highest BCUT2D eigenvalue weighted by molar-refractivity contribution is 5.95. The van der Waals surface area contributed by atoms with Gasteiger partial charge in [-0.2, -0.15) is 4.98 Å². The predicted molar refractivity (Wildman–Crippen MR) is 109 cm³/mol. The van der Waals surface area contributed by atoms with Crippen LogP contribution < -0.4 is 15.8 Å². The number of hydrogen-bond acceptors (Lipinski definition) is 6. The normalized spacial score (nSPS) is 11.0. The topological polar surface area (TPSA) is 110 Å². The van der Waals surface area contributed by atoms with Crippen molar-refractivity contribution in [2.45, 2.75) is 13.8 Å². The van der Waals surface area contributed by atoms with E-state index in [0.29, 0.717) is 34.8 Å². The third-order valence-electron chi connectivity index (χ3n) is 4.16. The van der Waals surface area contributed by atoms with Crippen LogP contribution in [-0.2, 0) is 0 Å². The zero-order valence-electron chi connectivity index (χ0n) is 16.0. The Morgan fingerprint density at radius 3 is 2.54 bits per heavy atom. The van der Waals surface area contributed by atoms with Gasteiger partial charge in [0.2, 0.25) is 11.8 Å². The predicted octanol–water partition coefficient (Wildman–Crippen LogP) is 2.64. The number of fused-ring (bicyclic) bond motifs is 1. The van der Waals surface area contributed by atoms with Crippen molar-refractivity contribution in [3.8, 4) is 17.0 Å². The summed E-state index contributed by atoms with van der Waals surface area (Å²) in [7, 11) is 0. The van der Waals surface area contributed by atoms with Crippen molar-refractivity contribution < 1.29 is 14.6 Å². The number of rotatable bonds is 7. The summed E-state index contributed by atoms with van der Waals surface area (Å²) in [5.41, 5.74) is 8.90. The molecule has 0 radical (unpaired) electrons. The van der Waals surface area contributed by atoms with Crippen molar-refractivity contribution in [2.24, 2.45) is 5.92 Å². The minimum Gasteiger partial charge on any atom is -0.475 e. The van der Waals surface area contributed by atoms with Crippen molar-refractivity contribution in [1.82, 2.24) is 15.3 Å². The van der Waals surface area contributed by atoms with Gasteiger partial charge in [-0.25, -0.2) is 4.98 Å². The summed E-state index contributed by atoms with van der Waals surface area (Å²) in [4.78, 5) is 20.5. The average Bonchev–Trinajstić information content (AvgIpc) is 2.70. The Hall–Kier alpha value is -3.19. The molecule has 3 aromatic rings. The molecule has 0 aliphatic rings. The highest BCUT2D eigenvalue weighted by Gasteiger charge is 2.11. The molecule has 146 valence electrons. The number of ether oxygens (including phenoxy) is 1. The summed E-state index contributed by atoms with van der Waals surface area (Å²) in [5.74, 6) is 0.773. The first-order valence-corrected chi connectivity index (χ1v) is 9.17. The first-order valence-electron chi connectivity index (χ1n) is 9.17. The highest BCUT2D eigenvalue weighted by Crippen LogP contribution is 2.29. The number of aliphatic hydroxyl groups excluding tert-OH is 1. The number of anilines is 1. The summed E-state index contributed by atoms with van der Waals surface area (Å²) in [5, 5.41) is 12.6. The second-order valence-corrected chi connectivity index (χ2v) is 6.87. The fraction of sp³-hybridized carbons (Fsp3) is 0.286. The Morgan fingerprint density at radius 2 is 1.86 bits per heavy atom. The number of amides is 1. The fourth-order valence-electron chi connectivity index (χ4n) is 2.76. The van der Waals surface area contributed by atoms with Gasteiger partial charge in [-0.3, -0.25) is 4.79 Å². The molecule has 1 heterocycles. The van der Waals surface area contributed by atoms with E-state index >= 15 is 0 Å². The molecule has 0 atom stereocenters. The van der Waals surface area contributed by atoms with Crippen LogP contribution in [0.1, 0.15) is 24.2 Å². The molecule has 0 aliphatic carbocycles. The first kappa shape index (κ1) is 19.6. The Labute approximate surface area is 163 Å². The van der Waals surface area contributed by atoms with E-state index in [1.807, 2.05) is 30.3 Å². The summed E-state index contributed by atoms with van der Waals surface area (Å²) >= 11 is 0. The third kappa shape index (κ3) is 4.55. The molecular weight excluding hydrogens is 356 g/mol. The molecule has 0 bridgehead atoms. The number of nitrogens with one attached hydrogen (secondary N) is 1. The summed E-state index contributed by atoms with van der Waals surface area (Å²) in [6.45, 7) is 4.75. The van der Waals surface area contributed by atoms with Crippen LogP contribution in [0.3, 0.4) is 0 Å². The van der Waals surface area contributed by atoms with Crippen LogP contribution >= 0.6 is 0 Å². The molecule has 0 aliphatic heterocycles. The van der Waals surface area contributed by atoms with Crippen LogP contribution in [-0.4, -0.2) is 40.7 Å². The quantitative estimate of drug-likeness (QED) is 0.581. The monoisotopic (exact) mass is 380 g/mol. The van der Waals surface area contributed by atoms with Gasteiger partial charge in [0.1, 0.15) is 6.61 Å². The van der Waals surface area contributed by atoms with Crippen molar-refractivity contribution in [3.05, 3.63) is 48.0 Å². The largest absolute Gasteiger partial charge is 0.475 e. The molecule has 0 unspecified atom stereocenters. The second kappa shape index (κ2) is 8.67. The lowest BCUT2D eigenvalue weighted by Crippen LogP contribution is -2.27. The zero-order chi connectivity index (χ0) is 20.1. The van der Waals surface area contributed by atoms with Crippen molar-refractivity contribution in [3.63, 3.8) is 0 Å². The first-order chi connectivity index (χ1) is 13.5. The number of nitrogens with two attached hydrogens (primary N) is 1. The number of nitrogen functional groups attached to an aromatic ring is 1. The van der Waals surface area contributed by atoms with E-state index in [0.717, 1.165) is 11.1 Å². The lowest BCUT2D eigenvalue weighted by atomic mass is 10.0. The molecule has 3 rings (SSSR count). The van der Waals surface area contributed by atoms with Crippen LogP contribution in [0.2, 0.25) is 0 Å². The second-order valence-electron chi connectivity index (χ2n) is 6.87. The van der Waals surface area contributed by atoms with Gasteiger partial charge >= 0.3 is 0 Å². The molecule has 0 saturated heterocycles. The SMILES string of the molecule is CC(C)CNC(=O)c1ccc(-c2ccc3nc(N)nc(OCCO)c3c2)cc1. The van der Waals surface area contributed by atoms with Crippen molar-refractivity contribution in [1.29, 1.82) is 0 Å². The van der Waals surface area contributed by atoms with E-state index in [1.165, 1.54) is 0 Å². The number of nitrogens with zero attached hydrogens (tertiary/aromatic N) is 2. The van der Waals surface area contributed by atoms with Gasteiger partial charge in [0, 0.05) is 12.1 Å². The van der Waals surface area contributed by atoms with Crippen LogP contribution in [0.15, 0.2) is 42.5 Å². The number of carbonyl (C=O) groups is 1. The van der Waals surface area contributed by atoms with Gasteiger partial charge in [-0.1, -0.05) is 32.0 Å². The van der Waals surface area contributed by atoms with E-state index in [-0.39, 0.29) is 25.1 Å². The minimum atomic E-state index is -0.120. The number of aliphatic hydroxyl groups is 1. The molecule has 0 saturated carbocycles. The average molecular weight is 380 g/mol. The maximum absolute atomic E-state index is 12.2. The number of aromatic nitrogens is 2. The Balaban J connectivity index is 1.88. The lowest BCUT2D eigenvalue weighted by Gasteiger charge is -2.10. The fourth-order valence-corrected chi connectivity index (χ4v) is 2.76. The van der Waals surface area contributed by atoms with Gasteiger partial charge in [0.25, 0.3) is 5.91 Å². The molecule has 0 fully saturated rings. The molecular formula is C21H24N4O3. The standard InChI is InChI=1S/C21H24N4O3/c1-13(2)12-23-19(27)15-5-3-14(4-6-15)16-7-8-18-17(11-16)20(28-10-9-26)25-21(22)24-18/h3-8,11,13,26H,9-10,12H2,1-2H3,(H,23,27)(H2,22,24,25). The lowest BCUT2D eigenvalue weighted by molar-refractivity contribution is 0.0949. The van der Waals surface area contributed by atoms with Crippen LogP contribution in [0, 0.1) is 5.92 Å². The van der Waals surface area contributed by atoms with Crippen LogP contribution in [0.5, 0.6) is 5.88 Å². The van der Waals surface area contributed by atoms with E-state index < -0.39 is 0 Å². The van der Waals surface area contributed by atoms with E-state index in [1.54, 1.807) is 12.1 Å². The number of benzene rings is 2. The Morgan fingerprint density at radius 1 is 1.14 bits per heavy atom. The molecule has 4 N–H and O–H groups in total. The summed E-state index contributed by atoms with van der Waals surface area (Å²) in [6.07, 6.45) is 0. The molecule has 28 heavy (non-hydrogen) atoms. The summed E-state index contributed by atoms with van der Waals surface area (Å²) < 4.78 is 5.50. The summed E-state index contributed by atoms with van der Waals surface area (Å²) in [6, 6.07) is 13.1. The molecule has 7 nitrogen and oxygen atoms in total. The molecule has 2 aromatic carbocycles. The highest BCUT2D eigenvalue weighted by atomic mass is 16.5. The van der Waals surface area contributed by atoms with E-state index in [9.17, 15) is 4.79 Å². The van der Waals surface area contributed by atoms with Crippen molar-refractivity contribution in [2.75, 3.05) is 25.5 Å². The van der Waals surface area contributed by atoms with Gasteiger partial charge < -0.3 is 20.9 Å². The number of hydrogen-bond donors (Lipinski definition) is 3. The van der Waals surface area contributed by atoms with Gasteiger partial charge in [0.05, 0.1) is 17.5 Å². The Bertz CT molecular complexity index is 971. The minimum absolute atomic E-state index is 0.0812. The molecule has 1 aromatic heterocycles. The Kier molecular flexibility index (Phi) is 6.06. The third-order valence-corrected chi connectivity index (χ3v) is 4.16. The van der Waals surface area contributed by atoms with Gasteiger partial charge in [-0.05, 0) is 41.3 Å². The smallest absolute Gasteiger partial charge is 0.251 e. The van der Waals surface area contributed by atoms with Crippen LogP contribution in [0.4, 0.5) is 5.95 Å². The maximum Gasteiger partial charge on any atom is 0.251 e. The van der Waals surface area contributed by atoms with Crippen molar-refractivity contribution >= 4 is 22.8 Å². The van der Waals surface area contributed by atoms with E-state index in [2.05, 4.69) is 29.1 Å².